The van der Waals surface area contributed by atoms with Crippen LogP contribution in [0.3, 0.4) is 0 Å². The number of aryl methyl sites for hydroxylation is 1. The highest BCUT2D eigenvalue weighted by atomic mass is 19.4. The predicted octanol–water partition coefficient (Wildman–Crippen LogP) is 5.15. The third-order valence-electron chi connectivity index (χ3n) is 6.96. The third kappa shape index (κ3) is 7.21. The highest BCUT2D eigenvalue weighted by Crippen LogP contribution is 2.35. The van der Waals surface area contributed by atoms with Crippen LogP contribution in [0.1, 0.15) is 50.8 Å². The first-order chi connectivity index (χ1) is 20.0. The van der Waals surface area contributed by atoms with E-state index in [2.05, 4.69) is 43.7 Å². The van der Waals surface area contributed by atoms with E-state index in [0.717, 1.165) is 19.2 Å². The number of halogens is 3. The van der Waals surface area contributed by atoms with E-state index in [9.17, 15) is 18.0 Å². The number of nitrogen functional groups attached to an aromatic ring is 1. The summed E-state index contributed by atoms with van der Waals surface area (Å²) in [7, 11) is 1.99. The highest BCUT2D eigenvalue weighted by Gasteiger charge is 2.34. The Hall–Kier alpha value is -4.53. The number of amides is 1. The van der Waals surface area contributed by atoms with Crippen LogP contribution in [0.15, 0.2) is 47.7 Å². The Kier molecular flexibility index (Phi) is 9.40. The number of nitrogens with two attached hydrogens (primary N) is 1. The van der Waals surface area contributed by atoms with Crippen LogP contribution < -0.4 is 11.1 Å². The number of hydrogen-bond donors (Lipinski definition) is 2. The first-order valence-corrected chi connectivity index (χ1v) is 13.3. The molecular formula is C31H32F3N7O. The van der Waals surface area contributed by atoms with Crippen LogP contribution in [-0.4, -0.2) is 65.6 Å². The summed E-state index contributed by atoms with van der Waals surface area (Å²) >= 11 is 0. The minimum Gasteiger partial charge on any atom is -0.382 e. The Morgan fingerprint density at radius 3 is 2.52 bits per heavy atom. The van der Waals surface area contributed by atoms with Crippen LogP contribution in [0.4, 0.5) is 30.4 Å². The maximum absolute atomic E-state index is 14.0. The smallest absolute Gasteiger partial charge is 0.382 e. The minimum atomic E-state index is -4.57. The zero-order valence-electron chi connectivity index (χ0n) is 23.7. The maximum Gasteiger partial charge on any atom is 0.416 e. The second kappa shape index (κ2) is 13.0. The van der Waals surface area contributed by atoms with Crippen molar-refractivity contribution in [1.29, 1.82) is 0 Å². The van der Waals surface area contributed by atoms with Crippen molar-refractivity contribution in [3.63, 3.8) is 0 Å². The van der Waals surface area contributed by atoms with E-state index in [4.69, 9.17) is 5.73 Å². The number of pyridine rings is 2. The normalized spacial score (nSPS) is 14.4. The quantitative estimate of drug-likeness (QED) is 0.312. The SMILES string of the molecule is C=Nc1c(N)ncc(C#Cc2cc(C(=O)Nc3ccc(CN4CCN(C)CC4)c(C(F)(F)F)c3)cnc2C)c1/C=C\C. The Bertz CT molecular complexity index is 1580. The topological polar surface area (TPSA) is 99.7 Å². The number of allylic oxidation sites excluding steroid dienone is 1. The Labute approximate surface area is 243 Å². The number of rotatable bonds is 6. The fraction of sp³-hybridized carbons (Fsp3) is 0.290. The second-order valence-electron chi connectivity index (χ2n) is 9.99. The Morgan fingerprint density at radius 2 is 1.86 bits per heavy atom. The Morgan fingerprint density at radius 1 is 1.14 bits per heavy atom. The first-order valence-electron chi connectivity index (χ1n) is 13.3. The van der Waals surface area contributed by atoms with Gasteiger partial charge in [-0.3, -0.25) is 19.7 Å². The molecule has 11 heteroatoms. The molecule has 42 heavy (non-hydrogen) atoms. The van der Waals surface area contributed by atoms with Crippen LogP contribution in [0, 0.1) is 18.8 Å². The molecule has 0 bridgehead atoms. The predicted molar refractivity (Wildman–Crippen MR) is 160 cm³/mol. The van der Waals surface area contributed by atoms with Crippen LogP contribution in [0.5, 0.6) is 0 Å². The number of aliphatic imine (C=N–C) groups is 1. The molecule has 0 saturated carbocycles. The van der Waals surface area contributed by atoms with Gasteiger partial charge in [-0.1, -0.05) is 30.1 Å². The molecule has 1 saturated heterocycles. The number of anilines is 2. The molecule has 4 rings (SSSR count). The van der Waals surface area contributed by atoms with Crippen molar-refractivity contribution in [1.82, 2.24) is 19.8 Å². The molecule has 218 valence electrons. The van der Waals surface area contributed by atoms with E-state index >= 15 is 0 Å². The van der Waals surface area contributed by atoms with E-state index in [1.165, 1.54) is 24.5 Å². The molecule has 2 aromatic heterocycles. The average molecular weight is 576 g/mol. The summed E-state index contributed by atoms with van der Waals surface area (Å²) in [5.41, 5.74) is 8.17. The largest absolute Gasteiger partial charge is 0.416 e. The summed E-state index contributed by atoms with van der Waals surface area (Å²) in [6, 6.07) is 5.44. The molecule has 1 aliphatic heterocycles. The van der Waals surface area contributed by atoms with Gasteiger partial charge in [0, 0.05) is 61.9 Å². The van der Waals surface area contributed by atoms with Crippen molar-refractivity contribution in [2.24, 2.45) is 4.99 Å². The summed E-state index contributed by atoms with van der Waals surface area (Å²) in [5.74, 6) is 5.66. The molecule has 3 aromatic rings. The molecule has 0 spiro atoms. The van der Waals surface area contributed by atoms with Gasteiger partial charge in [-0.05, 0) is 51.4 Å². The first kappa shape index (κ1) is 30.4. The lowest BCUT2D eigenvalue weighted by Crippen LogP contribution is -2.44. The summed E-state index contributed by atoms with van der Waals surface area (Å²) in [5, 5.41) is 2.58. The summed E-state index contributed by atoms with van der Waals surface area (Å²) in [6.07, 6.45) is 1.93. The lowest BCUT2D eigenvalue weighted by Gasteiger charge is -2.33. The molecule has 1 aliphatic rings. The summed E-state index contributed by atoms with van der Waals surface area (Å²) in [6.45, 7) is 10.3. The van der Waals surface area contributed by atoms with E-state index in [1.807, 2.05) is 24.9 Å². The number of alkyl halides is 3. The lowest BCUT2D eigenvalue weighted by molar-refractivity contribution is -0.138. The molecule has 0 aliphatic carbocycles. The number of nitrogens with zero attached hydrogens (tertiary/aromatic N) is 5. The molecule has 1 aromatic carbocycles. The van der Waals surface area contributed by atoms with E-state index in [1.54, 1.807) is 19.1 Å². The molecule has 0 atom stereocenters. The molecule has 1 fully saturated rings. The Balaban J connectivity index is 1.58. The van der Waals surface area contributed by atoms with E-state index < -0.39 is 17.6 Å². The number of nitrogens with one attached hydrogen (secondary N) is 1. The zero-order chi connectivity index (χ0) is 30.4. The van der Waals surface area contributed by atoms with E-state index in [-0.39, 0.29) is 29.2 Å². The lowest BCUT2D eigenvalue weighted by atomic mass is 10.0. The van der Waals surface area contributed by atoms with Gasteiger partial charge in [0.2, 0.25) is 0 Å². The molecule has 3 heterocycles. The van der Waals surface area contributed by atoms with E-state index in [0.29, 0.717) is 41.2 Å². The second-order valence-corrected chi connectivity index (χ2v) is 9.99. The van der Waals surface area contributed by atoms with Crippen molar-refractivity contribution in [3.8, 4) is 11.8 Å². The van der Waals surface area contributed by atoms with Gasteiger partial charge >= 0.3 is 6.18 Å². The van der Waals surface area contributed by atoms with Crippen LogP contribution >= 0.6 is 0 Å². The number of likely N-dealkylation sites (N-methyl/N-ethyl adjacent to an activating group) is 1. The highest BCUT2D eigenvalue weighted by molar-refractivity contribution is 6.04. The van der Waals surface area contributed by atoms with Crippen molar-refractivity contribution >= 4 is 35.9 Å². The molecular weight excluding hydrogens is 543 g/mol. The van der Waals surface area contributed by atoms with Crippen molar-refractivity contribution in [2.75, 3.05) is 44.3 Å². The fourth-order valence-corrected chi connectivity index (χ4v) is 4.56. The van der Waals surface area contributed by atoms with Gasteiger partial charge in [0.25, 0.3) is 5.91 Å². The van der Waals surface area contributed by atoms with Crippen molar-refractivity contribution < 1.29 is 18.0 Å². The average Bonchev–Trinajstić information content (AvgIpc) is 2.95. The molecule has 8 nitrogen and oxygen atoms in total. The fourth-order valence-electron chi connectivity index (χ4n) is 4.56. The van der Waals surface area contributed by atoms with Crippen molar-refractivity contribution in [3.05, 3.63) is 81.8 Å². The molecule has 0 radical (unpaired) electrons. The van der Waals surface area contributed by atoms with Gasteiger partial charge in [-0.2, -0.15) is 13.2 Å². The van der Waals surface area contributed by atoms with Gasteiger partial charge in [0.1, 0.15) is 11.5 Å². The number of piperazine rings is 1. The number of aromatic nitrogens is 2. The number of benzene rings is 1. The van der Waals surface area contributed by atoms with Gasteiger partial charge < -0.3 is 16.0 Å². The van der Waals surface area contributed by atoms with Crippen LogP contribution in [0.2, 0.25) is 0 Å². The molecule has 0 unspecified atom stereocenters. The molecule has 3 N–H and O–H groups in total. The third-order valence-corrected chi connectivity index (χ3v) is 6.96. The minimum absolute atomic E-state index is 0.0380. The van der Waals surface area contributed by atoms with Crippen molar-refractivity contribution in [2.45, 2.75) is 26.6 Å². The van der Waals surface area contributed by atoms with Gasteiger partial charge in [-0.25, -0.2) is 4.98 Å². The summed E-state index contributed by atoms with van der Waals surface area (Å²) in [4.78, 5) is 29.6. The van der Waals surface area contributed by atoms with Crippen LogP contribution in [0.25, 0.3) is 6.08 Å². The summed E-state index contributed by atoms with van der Waals surface area (Å²) < 4.78 is 42.0. The number of carbonyl (C=O) groups is 1. The zero-order valence-corrected chi connectivity index (χ0v) is 23.7. The monoisotopic (exact) mass is 575 g/mol. The maximum atomic E-state index is 14.0. The van der Waals surface area contributed by atoms with Gasteiger partial charge in [-0.15, -0.1) is 0 Å². The number of hydrogen-bond acceptors (Lipinski definition) is 7. The standard InChI is InChI=1S/C31H32F3N7O/c1-5-6-26-22(17-38-29(35)28(26)36-3)8-7-21-15-24(18-37-20(21)2)30(42)39-25-10-9-23(27(16-25)31(32,33)34)19-41-13-11-40(4)12-14-41/h5-6,9-10,15-18H,3,11-14,19H2,1-2,4H3,(H2,35,38)(H,39,42)/b6-5-. The van der Waals surface area contributed by atoms with Gasteiger partial charge in [0.15, 0.2) is 0 Å². The van der Waals surface area contributed by atoms with Crippen LogP contribution in [-0.2, 0) is 12.7 Å². The molecule has 1 amide bonds. The van der Waals surface area contributed by atoms with Gasteiger partial charge in [0.05, 0.1) is 22.4 Å². The number of carbonyl (C=O) groups excluding carboxylic acids is 1.